The van der Waals surface area contributed by atoms with E-state index in [4.69, 9.17) is 4.74 Å². The molecule has 1 aromatic carbocycles. The van der Waals surface area contributed by atoms with E-state index < -0.39 is 11.2 Å². The van der Waals surface area contributed by atoms with Gasteiger partial charge < -0.3 is 9.72 Å². The molecule has 0 fully saturated rings. The highest BCUT2D eigenvalue weighted by molar-refractivity contribution is 5.77. The van der Waals surface area contributed by atoms with Crippen molar-refractivity contribution in [2.24, 2.45) is 0 Å². The molecule has 0 radical (unpaired) electrons. The average Bonchev–Trinajstić information content (AvgIpc) is 2.82. The fourth-order valence-electron chi connectivity index (χ4n) is 2.07. The zero-order valence-corrected chi connectivity index (χ0v) is 10.9. The Balaban J connectivity index is 2.30. The van der Waals surface area contributed by atoms with Crippen LogP contribution in [0.5, 0.6) is 5.75 Å². The first-order valence-electron chi connectivity index (χ1n) is 5.96. The van der Waals surface area contributed by atoms with E-state index >= 15 is 0 Å². The summed E-state index contributed by atoms with van der Waals surface area (Å²) >= 11 is 0. The van der Waals surface area contributed by atoms with Crippen molar-refractivity contribution in [2.45, 2.75) is 6.92 Å². The number of nitrogens with one attached hydrogen (secondary N) is 3. The second-order valence-electron chi connectivity index (χ2n) is 4.42. The van der Waals surface area contributed by atoms with Gasteiger partial charge in [-0.3, -0.25) is 14.8 Å². The third-order valence-corrected chi connectivity index (χ3v) is 3.00. The van der Waals surface area contributed by atoms with Crippen LogP contribution < -0.4 is 16.0 Å². The monoisotopic (exact) mass is 272 g/mol. The maximum atomic E-state index is 11.7. The Kier molecular flexibility index (Phi) is 2.67. The summed E-state index contributed by atoms with van der Waals surface area (Å²) in [5, 5.41) is 0. The van der Waals surface area contributed by atoms with E-state index in [1.807, 2.05) is 25.1 Å². The fraction of sp³-hybridized carbons (Fsp3) is 0.154. The van der Waals surface area contributed by atoms with Gasteiger partial charge in [0.25, 0.3) is 5.56 Å². The molecule has 20 heavy (non-hydrogen) atoms. The number of aryl methyl sites for hydroxylation is 1. The molecule has 3 rings (SSSR count). The molecule has 0 saturated carbocycles. The van der Waals surface area contributed by atoms with E-state index in [0.29, 0.717) is 11.6 Å². The lowest BCUT2D eigenvalue weighted by Gasteiger charge is -2.06. The summed E-state index contributed by atoms with van der Waals surface area (Å²) in [4.78, 5) is 34.7. The van der Waals surface area contributed by atoms with Gasteiger partial charge in [-0.25, -0.2) is 9.78 Å². The molecular formula is C13H12N4O3. The van der Waals surface area contributed by atoms with Crippen LogP contribution in [0.2, 0.25) is 0 Å². The zero-order chi connectivity index (χ0) is 14.3. The van der Waals surface area contributed by atoms with E-state index in [1.54, 1.807) is 7.11 Å². The number of aromatic nitrogens is 4. The van der Waals surface area contributed by atoms with Gasteiger partial charge in [0, 0.05) is 0 Å². The van der Waals surface area contributed by atoms with Crippen molar-refractivity contribution >= 4 is 11.2 Å². The van der Waals surface area contributed by atoms with Crippen molar-refractivity contribution in [3.05, 3.63) is 44.6 Å². The Morgan fingerprint density at radius 3 is 2.70 bits per heavy atom. The number of hydrogen-bond donors (Lipinski definition) is 3. The van der Waals surface area contributed by atoms with Gasteiger partial charge in [0.15, 0.2) is 5.65 Å². The summed E-state index contributed by atoms with van der Waals surface area (Å²) in [7, 11) is 1.56. The molecule has 0 bridgehead atoms. The molecule has 0 unspecified atom stereocenters. The molecule has 3 N–H and O–H groups in total. The molecule has 7 nitrogen and oxygen atoms in total. The maximum Gasteiger partial charge on any atom is 0.327 e. The number of methoxy groups -OCH3 is 1. The predicted octanol–water partition coefficient (Wildman–Crippen LogP) is 0.924. The van der Waals surface area contributed by atoms with Crippen LogP contribution in [0, 0.1) is 6.92 Å². The summed E-state index contributed by atoms with van der Waals surface area (Å²) in [6, 6.07) is 5.63. The van der Waals surface area contributed by atoms with Gasteiger partial charge in [-0.05, 0) is 19.1 Å². The standard InChI is InChI=1S/C13H12N4O3/c1-6-3-4-8(20-2)7(5-6)10-14-9-11(15-10)16-13(19)17-12(9)18/h3-5H,1-2H3,(H3,14,15,16,17,18,19). The van der Waals surface area contributed by atoms with Crippen LogP contribution >= 0.6 is 0 Å². The van der Waals surface area contributed by atoms with E-state index in [2.05, 4.69) is 19.9 Å². The fourth-order valence-corrected chi connectivity index (χ4v) is 2.07. The second kappa shape index (κ2) is 4.37. The molecule has 3 aromatic rings. The summed E-state index contributed by atoms with van der Waals surface area (Å²) in [5.41, 5.74) is 1.11. The minimum Gasteiger partial charge on any atom is -0.496 e. The first-order valence-corrected chi connectivity index (χ1v) is 5.96. The van der Waals surface area contributed by atoms with Gasteiger partial charge in [0.2, 0.25) is 0 Å². The topological polar surface area (TPSA) is 104 Å². The zero-order valence-electron chi connectivity index (χ0n) is 10.9. The molecule has 7 heteroatoms. The maximum absolute atomic E-state index is 11.7. The first kappa shape index (κ1) is 12.2. The normalized spacial score (nSPS) is 10.9. The third kappa shape index (κ3) is 1.89. The quantitative estimate of drug-likeness (QED) is 0.645. The lowest BCUT2D eigenvalue weighted by molar-refractivity contribution is 0.416. The number of imidazole rings is 1. The van der Waals surface area contributed by atoms with Crippen LogP contribution in [0.15, 0.2) is 27.8 Å². The van der Waals surface area contributed by atoms with Gasteiger partial charge in [-0.1, -0.05) is 11.6 Å². The van der Waals surface area contributed by atoms with Crippen molar-refractivity contribution in [1.82, 2.24) is 19.9 Å². The van der Waals surface area contributed by atoms with Gasteiger partial charge in [0.05, 0.1) is 12.7 Å². The molecule has 0 aliphatic carbocycles. The molecule has 0 aliphatic rings. The molecule has 0 saturated heterocycles. The Morgan fingerprint density at radius 1 is 1.15 bits per heavy atom. The molecule has 0 atom stereocenters. The minimum atomic E-state index is -0.586. The number of nitrogens with zero attached hydrogens (tertiary/aromatic N) is 1. The second-order valence-corrected chi connectivity index (χ2v) is 4.42. The third-order valence-electron chi connectivity index (χ3n) is 3.00. The van der Waals surface area contributed by atoms with E-state index in [0.717, 1.165) is 11.1 Å². The van der Waals surface area contributed by atoms with Crippen LogP contribution in [-0.2, 0) is 0 Å². The number of benzene rings is 1. The number of aromatic amines is 3. The Bertz CT molecular complexity index is 904. The molecule has 0 aliphatic heterocycles. The lowest BCUT2D eigenvalue weighted by atomic mass is 10.1. The van der Waals surface area contributed by atoms with Crippen LogP contribution in [-0.4, -0.2) is 27.0 Å². The van der Waals surface area contributed by atoms with E-state index in [1.165, 1.54) is 0 Å². The summed E-state index contributed by atoms with van der Waals surface area (Å²) < 4.78 is 5.29. The Labute approximate surface area is 112 Å². The van der Waals surface area contributed by atoms with Crippen molar-refractivity contribution in [3.63, 3.8) is 0 Å². The number of hydrogen-bond acceptors (Lipinski definition) is 4. The van der Waals surface area contributed by atoms with Gasteiger partial charge in [-0.15, -0.1) is 0 Å². The van der Waals surface area contributed by atoms with Crippen LogP contribution in [0.1, 0.15) is 5.56 Å². The number of fused-ring (bicyclic) bond motifs is 1. The molecule has 0 spiro atoms. The smallest absolute Gasteiger partial charge is 0.327 e. The van der Waals surface area contributed by atoms with E-state index in [9.17, 15) is 9.59 Å². The Hall–Kier alpha value is -2.83. The molecule has 2 aromatic heterocycles. The largest absolute Gasteiger partial charge is 0.496 e. The SMILES string of the molecule is COc1ccc(C)cc1-c1nc2[nH]c(=O)[nH]c(=O)c2[nH]1. The number of ether oxygens (including phenoxy) is 1. The van der Waals surface area contributed by atoms with Crippen molar-refractivity contribution < 1.29 is 4.74 Å². The highest BCUT2D eigenvalue weighted by Gasteiger charge is 2.13. The summed E-state index contributed by atoms with van der Waals surface area (Å²) in [6.07, 6.45) is 0. The van der Waals surface area contributed by atoms with Crippen LogP contribution in [0.25, 0.3) is 22.6 Å². The van der Waals surface area contributed by atoms with Crippen molar-refractivity contribution in [1.29, 1.82) is 0 Å². The molecule has 0 amide bonds. The van der Waals surface area contributed by atoms with Crippen LogP contribution in [0.3, 0.4) is 0 Å². The van der Waals surface area contributed by atoms with Gasteiger partial charge in [-0.2, -0.15) is 0 Å². The highest BCUT2D eigenvalue weighted by Crippen LogP contribution is 2.29. The molecular weight excluding hydrogens is 260 g/mol. The van der Waals surface area contributed by atoms with E-state index in [-0.39, 0.29) is 11.2 Å². The van der Waals surface area contributed by atoms with Gasteiger partial charge in [0.1, 0.15) is 17.1 Å². The average molecular weight is 272 g/mol. The van der Waals surface area contributed by atoms with Crippen molar-refractivity contribution in [2.75, 3.05) is 7.11 Å². The molecule has 2 heterocycles. The molecule has 102 valence electrons. The predicted molar refractivity (Wildman–Crippen MR) is 74.1 cm³/mol. The van der Waals surface area contributed by atoms with Crippen molar-refractivity contribution in [3.8, 4) is 17.1 Å². The number of rotatable bonds is 2. The first-order chi connectivity index (χ1) is 9.58. The van der Waals surface area contributed by atoms with Crippen LogP contribution in [0.4, 0.5) is 0 Å². The summed E-state index contributed by atoms with van der Waals surface area (Å²) in [6.45, 7) is 1.94. The summed E-state index contributed by atoms with van der Waals surface area (Å²) in [5.74, 6) is 1.10. The Morgan fingerprint density at radius 2 is 1.95 bits per heavy atom. The highest BCUT2D eigenvalue weighted by atomic mass is 16.5. The minimum absolute atomic E-state index is 0.220. The lowest BCUT2D eigenvalue weighted by Crippen LogP contribution is -2.21. The van der Waals surface area contributed by atoms with Gasteiger partial charge >= 0.3 is 5.69 Å². The number of H-pyrrole nitrogens is 3.